The highest BCUT2D eigenvalue weighted by molar-refractivity contribution is 6.36. The number of nitrogens with zero attached hydrogens (tertiary/aromatic N) is 6. The van der Waals surface area contributed by atoms with Crippen molar-refractivity contribution < 1.29 is 34.0 Å². The van der Waals surface area contributed by atoms with Crippen molar-refractivity contribution in [2.75, 3.05) is 54.7 Å². The van der Waals surface area contributed by atoms with E-state index in [4.69, 9.17) is 45.6 Å². The Balaban J connectivity index is 1.16. The number of halogens is 1. The van der Waals surface area contributed by atoms with Crippen LogP contribution in [-0.2, 0) is 22.6 Å². The van der Waals surface area contributed by atoms with E-state index in [1.807, 2.05) is 67.8 Å². The molecule has 3 aromatic heterocycles. The quantitative estimate of drug-likeness (QED) is 0.143. The van der Waals surface area contributed by atoms with E-state index in [9.17, 15) is 15.0 Å². The number of aliphatic hydroxyl groups is 1. The van der Waals surface area contributed by atoms with Crippen LogP contribution in [-0.4, -0.2) is 113 Å². The van der Waals surface area contributed by atoms with Gasteiger partial charge in [0.15, 0.2) is 5.82 Å². The number of hydrogen-bond donors (Lipinski definition) is 2. The summed E-state index contributed by atoms with van der Waals surface area (Å²) in [6, 6.07) is 17.7. The number of benzene rings is 2. The number of likely N-dealkylation sites (N-methyl/N-ethyl adjacent to an activating group) is 1. The van der Waals surface area contributed by atoms with E-state index >= 15 is 0 Å². The number of methoxy groups -OCH3 is 3. The van der Waals surface area contributed by atoms with E-state index in [2.05, 4.69) is 9.80 Å². The molecule has 2 unspecified atom stereocenters. The number of carboxylic acids is 1. The number of aliphatic carboxylic acids is 1. The van der Waals surface area contributed by atoms with Crippen LogP contribution in [0.5, 0.6) is 17.5 Å². The van der Waals surface area contributed by atoms with E-state index in [1.54, 1.807) is 26.0 Å². The van der Waals surface area contributed by atoms with E-state index in [0.717, 1.165) is 71.1 Å². The van der Waals surface area contributed by atoms with Gasteiger partial charge in [-0.15, -0.1) is 0 Å². The highest BCUT2D eigenvalue weighted by Gasteiger charge is 2.29. The lowest BCUT2D eigenvalue weighted by molar-refractivity contribution is -0.138. The molecule has 0 saturated carbocycles. The van der Waals surface area contributed by atoms with Gasteiger partial charge in [-0.25, -0.2) is 9.67 Å². The highest BCUT2D eigenvalue weighted by Crippen LogP contribution is 2.40. The first-order valence-electron chi connectivity index (χ1n) is 18.5. The van der Waals surface area contributed by atoms with Gasteiger partial charge in [-0.05, 0) is 63.0 Å². The number of hydrogen-bond acceptors (Lipinski definition) is 11. The molecule has 13 nitrogen and oxygen atoms in total. The maximum atomic E-state index is 11.2. The van der Waals surface area contributed by atoms with E-state index in [1.165, 1.54) is 0 Å². The van der Waals surface area contributed by atoms with Gasteiger partial charge in [0.2, 0.25) is 11.8 Å². The minimum atomic E-state index is -0.746. The van der Waals surface area contributed by atoms with E-state index in [0.29, 0.717) is 60.3 Å². The predicted molar refractivity (Wildman–Crippen MR) is 209 cm³/mol. The van der Waals surface area contributed by atoms with Gasteiger partial charge in [0, 0.05) is 60.3 Å². The fourth-order valence-corrected chi connectivity index (χ4v) is 8.20. The highest BCUT2D eigenvalue weighted by atomic mass is 35.5. The summed E-state index contributed by atoms with van der Waals surface area (Å²) in [7, 11) is 6.83. The number of ether oxygens (including phenoxy) is 4. The molecule has 2 N–H and O–H groups in total. The lowest BCUT2D eigenvalue weighted by Gasteiger charge is -2.35. The summed E-state index contributed by atoms with van der Waals surface area (Å²) in [4.78, 5) is 25.4. The topological polar surface area (TPSA) is 145 Å². The van der Waals surface area contributed by atoms with Crippen molar-refractivity contribution >= 4 is 28.5 Å². The van der Waals surface area contributed by atoms with Crippen molar-refractivity contribution in [1.29, 1.82) is 0 Å². The van der Waals surface area contributed by atoms with Crippen LogP contribution in [0.2, 0.25) is 5.02 Å². The Morgan fingerprint density at radius 3 is 2.44 bits per heavy atom. The molecule has 2 saturated heterocycles. The zero-order valence-corrected chi connectivity index (χ0v) is 32.3. The molecule has 2 aromatic carbocycles. The summed E-state index contributed by atoms with van der Waals surface area (Å²) in [5, 5.41) is 25.9. The fraction of sp³-hybridized carbons (Fsp3) is 0.415. The summed E-state index contributed by atoms with van der Waals surface area (Å²) in [6.07, 6.45) is 3.88. The second kappa shape index (κ2) is 16.9. The third kappa shape index (κ3) is 8.12. The monoisotopic (exact) mass is 770 g/mol. The van der Waals surface area contributed by atoms with Gasteiger partial charge in [0.05, 0.1) is 62.0 Å². The van der Waals surface area contributed by atoms with Crippen LogP contribution in [0.3, 0.4) is 0 Å². The molecular formula is C41H47ClN6O7. The Kier molecular flexibility index (Phi) is 11.8. The van der Waals surface area contributed by atoms with Crippen LogP contribution in [0.25, 0.3) is 39.1 Å². The second-order valence-corrected chi connectivity index (χ2v) is 14.6. The van der Waals surface area contributed by atoms with Gasteiger partial charge >= 0.3 is 5.97 Å². The van der Waals surface area contributed by atoms with Gasteiger partial charge in [-0.2, -0.15) is 10.1 Å². The zero-order valence-electron chi connectivity index (χ0n) is 31.6. The maximum Gasteiger partial charge on any atom is 0.303 e. The number of pyridine rings is 2. The minimum Gasteiger partial charge on any atom is -0.496 e. The second-order valence-electron chi connectivity index (χ2n) is 14.2. The van der Waals surface area contributed by atoms with Crippen LogP contribution < -0.4 is 14.2 Å². The molecule has 0 bridgehead atoms. The molecule has 0 radical (unpaired) electrons. The fourth-order valence-electron chi connectivity index (χ4n) is 7.87. The van der Waals surface area contributed by atoms with Crippen LogP contribution in [0.15, 0.2) is 60.8 Å². The summed E-state index contributed by atoms with van der Waals surface area (Å²) in [5.41, 5.74) is 5.73. The van der Waals surface area contributed by atoms with Crippen molar-refractivity contribution in [1.82, 2.24) is 29.5 Å². The van der Waals surface area contributed by atoms with Crippen molar-refractivity contribution in [2.24, 2.45) is 5.92 Å². The molecule has 2 aliphatic heterocycles. The number of aliphatic hydroxyl groups excluding tert-OH is 1. The van der Waals surface area contributed by atoms with Crippen LogP contribution in [0.1, 0.15) is 36.8 Å². The number of rotatable bonds is 13. The molecule has 2 atom stereocenters. The van der Waals surface area contributed by atoms with Crippen molar-refractivity contribution in [3.8, 4) is 45.7 Å². The SMILES string of the molecule is COc1cc(-n2ncc3c(-c4cccc(-c5ccc(CN(C)C6CCOCC6O)c(OC)n5)c4Cl)cccc32)nc(OC)c1CN1CCC(CC(=O)O)CC1. The smallest absolute Gasteiger partial charge is 0.303 e. The summed E-state index contributed by atoms with van der Waals surface area (Å²) >= 11 is 7.21. The third-order valence-electron chi connectivity index (χ3n) is 10.8. The minimum absolute atomic E-state index is 0.0112. The normalized spacial score (nSPS) is 18.2. The summed E-state index contributed by atoms with van der Waals surface area (Å²) in [6.45, 7) is 3.66. The molecule has 0 aliphatic carbocycles. The van der Waals surface area contributed by atoms with Gasteiger partial charge in [0.25, 0.3) is 0 Å². The number of carboxylic acid groups (broad SMARTS) is 1. The van der Waals surface area contributed by atoms with Crippen molar-refractivity contribution in [3.63, 3.8) is 0 Å². The first-order valence-corrected chi connectivity index (χ1v) is 18.9. The predicted octanol–water partition coefficient (Wildman–Crippen LogP) is 6.10. The van der Waals surface area contributed by atoms with Crippen molar-refractivity contribution in [3.05, 3.63) is 76.9 Å². The number of carbonyl (C=O) groups is 1. The van der Waals surface area contributed by atoms with Crippen LogP contribution in [0, 0.1) is 5.92 Å². The summed E-state index contributed by atoms with van der Waals surface area (Å²) in [5.74, 6) is 1.56. The molecule has 0 spiro atoms. The number of fused-ring (bicyclic) bond motifs is 1. The van der Waals surface area contributed by atoms with Crippen LogP contribution in [0.4, 0.5) is 0 Å². The first kappa shape index (κ1) is 38.5. The largest absolute Gasteiger partial charge is 0.496 e. The Morgan fingerprint density at radius 1 is 0.964 bits per heavy atom. The first-order chi connectivity index (χ1) is 26.7. The molecular weight excluding hydrogens is 724 g/mol. The Morgan fingerprint density at radius 2 is 1.71 bits per heavy atom. The lowest BCUT2D eigenvalue weighted by Crippen LogP contribution is -2.46. The Labute approximate surface area is 325 Å². The summed E-state index contributed by atoms with van der Waals surface area (Å²) < 4.78 is 24.6. The lowest BCUT2D eigenvalue weighted by atomic mass is 9.93. The van der Waals surface area contributed by atoms with Gasteiger partial charge < -0.3 is 29.2 Å². The maximum absolute atomic E-state index is 11.2. The molecule has 14 heteroatoms. The van der Waals surface area contributed by atoms with E-state index < -0.39 is 12.1 Å². The number of aromatic nitrogens is 4. The molecule has 2 fully saturated rings. The number of piperidine rings is 1. The molecule has 5 aromatic rings. The standard InChI is InChI=1S/C41H47ClN6O7/c1-46(34-15-18-55-24-35(34)49)22-26-11-12-32(44-40(26)53-3)29-9-5-8-28(39(29)42)27-7-6-10-33-30(27)21-43-48(33)37-20-36(52-2)31(41(45-37)54-4)23-47-16-13-25(14-17-47)19-38(50)51/h5-12,20-21,25,34-35,49H,13-19,22-24H2,1-4H3,(H,50,51). The van der Waals surface area contributed by atoms with Crippen LogP contribution >= 0.6 is 11.6 Å². The van der Waals surface area contributed by atoms with Gasteiger partial charge in [-0.1, -0.05) is 48.0 Å². The van der Waals surface area contributed by atoms with E-state index in [-0.39, 0.29) is 18.4 Å². The molecule has 0 amide bonds. The average Bonchev–Trinajstić information content (AvgIpc) is 3.63. The third-order valence-corrected chi connectivity index (χ3v) is 11.2. The van der Waals surface area contributed by atoms with Gasteiger partial charge in [0.1, 0.15) is 5.75 Å². The molecule has 5 heterocycles. The number of likely N-dealkylation sites (tertiary alicyclic amines) is 1. The van der Waals surface area contributed by atoms with Gasteiger partial charge in [-0.3, -0.25) is 14.6 Å². The molecule has 290 valence electrons. The van der Waals surface area contributed by atoms with Crippen molar-refractivity contribution in [2.45, 2.75) is 50.9 Å². The molecule has 7 rings (SSSR count). The average molecular weight is 771 g/mol. The molecule has 2 aliphatic rings. The Bertz CT molecular complexity index is 2130. The molecule has 55 heavy (non-hydrogen) atoms. The zero-order chi connectivity index (χ0) is 38.6. The Hall–Kier alpha value is -4.79.